The van der Waals surface area contributed by atoms with Crippen LogP contribution in [0, 0.1) is 10.1 Å². The lowest BCUT2D eigenvalue weighted by Gasteiger charge is -2.05. The number of non-ortho nitro benzene ring substituents is 1. The number of aromatic nitrogens is 1. The van der Waals surface area contributed by atoms with Crippen LogP contribution in [-0.2, 0) is 6.54 Å². The zero-order chi connectivity index (χ0) is 15.4. The maximum absolute atomic E-state index is 12.3. The molecule has 1 aromatic heterocycles. The van der Waals surface area contributed by atoms with Gasteiger partial charge in [0, 0.05) is 18.7 Å². The normalized spacial score (nSPS) is 10.9. The van der Waals surface area contributed by atoms with E-state index < -0.39 is 16.2 Å². The van der Waals surface area contributed by atoms with Crippen molar-refractivity contribution in [2.24, 2.45) is 0 Å². The predicted molar refractivity (Wildman–Crippen MR) is 77.5 cm³/mol. The Morgan fingerprint density at radius 3 is 2.67 bits per heavy atom. The molecular weight excluding hydrogens is 276 g/mol. The fourth-order valence-corrected chi connectivity index (χ4v) is 2.15. The SMILES string of the molecule is CCCCCCn1c(=O)oc2ccc([N+](=O)[O-])cc2c1=O. The number of benzene rings is 1. The second-order valence-corrected chi connectivity index (χ2v) is 4.82. The molecule has 0 unspecified atom stereocenters. The molecule has 0 radical (unpaired) electrons. The van der Waals surface area contributed by atoms with Gasteiger partial charge in [0.25, 0.3) is 11.2 Å². The molecule has 1 aromatic carbocycles. The Kier molecular flexibility index (Phi) is 4.52. The largest absolute Gasteiger partial charge is 0.422 e. The van der Waals surface area contributed by atoms with Crippen LogP contribution >= 0.6 is 0 Å². The molecule has 0 atom stereocenters. The molecule has 1 heterocycles. The average molecular weight is 292 g/mol. The highest BCUT2D eigenvalue weighted by Crippen LogP contribution is 2.16. The van der Waals surface area contributed by atoms with Crippen LogP contribution in [0.5, 0.6) is 0 Å². The van der Waals surface area contributed by atoms with Crippen molar-refractivity contribution in [1.82, 2.24) is 4.57 Å². The molecule has 0 N–H and O–H groups in total. The maximum Gasteiger partial charge on any atom is 0.422 e. The van der Waals surface area contributed by atoms with Gasteiger partial charge in [0.05, 0.1) is 10.3 Å². The molecule has 0 aliphatic heterocycles. The van der Waals surface area contributed by atoms with Crippen molar-refractivity contribution in [2.45, 2.75) is 39.2 Å². The van der Waals surface area contributed by atoms with Crippen molar-refractivity contribution in [3.8, 4) is 0 Å². The van der Waals surface area contributed by atoms with E-state index in [9.17, 15) is 19.7 Å². The summed E-state index contributed by atoms with van der Waals surface area (Å²) in [5.74, 6) is -0.724. The molecule has 21 heavy (non-hydrogen) atoms. The summed E-state index contributed by atoms with van der Waals surface area (Å²) in [5.41, 5.74) is -0.673. The Hall–Kier alpha value is -2.44. The minimum absolute atomic E-state index is 0.0549. The molecule has 0 spiro atoms. The van der Waals surface area contributed by atoms with E-state index in [1.807, 2.05) is 0 Å². The van der Waals surface area contributed by atoms with Gasteiger partial charge in [-0.15, -0.1) is 0 Å². The second-order valence-electron chi connectivity index (χ2n) is 4.82. The van der Waals surface area contributed by atoms with Gasteiger partial charge in [-0.3, -0.25) is 14.9 Å². The Morgan fingerprint density at radius 2 is 2.00 bits per heavy atom. The predicted octanol–water partition coefficient (Wildman–Crippen LogP) is 2.44. The maximum atomic E-state index is 12.3. The first-order valence-corrected chi connectivity index (χ1v) is 6.86. The van der Waals surface area contributed by atoms with E-state index in [-0.39, 0.29) is 23.2 Å². The summed E-state index contributed by atoms with van der Waals surface area (Å²) in [4.78, 5) is 34.2. The number of rotatable bonds is 6. The van der Waals surface area contributed by atoms with E-state index in [1.54, 1.807) is 0 Å². The smallest absolute Gasteiger partial charge is 0.409 e. The number of unbranched alkanes of at least 4 members (excludes halogenated alkanes) is 3. The van der Waals surface area contributed by atoms with Crippen LogP contribution in [0.25, 0.3) is 11.0 Å². The number of nitro groups is 1. The number of hydrogen-bond acceptors (Lipinski definition) is 5. The topological polar surface area (TPSA) is 95.3 Å². The third-order valence-corrected chi connectivity index (χ3v) is 3.30. The Morgan fingerprint density at radius 1 is 1.24 bits per heavy atom. The first-order valence-electron chi connectivity index (χ1n) is 6.86. The fraction of sp³-hybridized carbons (Fsp3) is 0.429. The summed E-state index contributed by atoms with van der Waals surface area (Å²) >= 11 is 0. The van der Waals surface area contributed by atoms with Crippen LogP contribution in [0.15, 0.2) is 32.2 Å². The molecule has 2 rings (SSSR count). The molecule has 0 fully saturated rings. The van der Waals surface area contributed by atoms with Crippen molar-refractivity contribution in [2.75, 3.05) is 0 Å². The Balaban J connectivity index is 2.44. The first-order chi connectivity index (χ1) is 10.0. The molecule has 2 aromatic rings. The van der Waals surface area contributed by atoms with Gasteiger partial charge < -0.3 is 4.42 Å². The molecular formula is C14H16N2O5. The molecule has 0 aliphatic carbocycles. The number of fused-ring (bicyclic) bond motifs is 1. The zero-order valence-electron chi connectivity index (χ0n) is 11.7. The lowest BCUT2D eigenvalue weighted by atomic mass is 10.2. The average Bonchev–Trinajstić information content (AvgIpc) is 2.46. The minimum atomic E-state index is -0.724. The number of nitrogens with zero attached hydrogens (tertiary/aromatic N) is 2. The highest BCUT2D eigenvalue weighted by molar-refractivity contribution is 5.78. The lowest BCUT2D eigenvalue weighted by Crippen LogP contribution is -2.32. The van der Waals surface area contributed by atoms with Crippen LogP contribution in [0.2, 0.25) is 0 Å². The molecule has 0 saturated heterocycles. The lowest BCUT2D eigenvalue weighted by molar-refractivity contribution is -0.384. The van der Waals surface area contributed by atoms with Crippen LogP contribution in [0.1, 0.15) is 32.6 Å². The molecule has 0 amide bonds. The van der Waals surface area contributed by atoms with Crippen LogP contribution in [0.4, 0.5) is 5.69 Å². The molecule has 0 aliphatic rings. The van der Waals surface area contributed by atoms with Crippen LogP contribution in [-0.4, -0.2) is 9.49 Å². The van der Waals surface area contributed by atoms with Gasteiger partial charge in [0.1, 0.15) is 5.58 Å². The molecule has 0 saturated carbocycles. The van der Waals surface area contributed by atoms with Gasteiger partial charge in [-0.25, -0.2) is 9.36 Å². The van der Waals surface area contributed by atoms with E-state index in [4.69, 9.17) is 4.42 Å². The third kappa shape index (κ3) is 3.18. The highest BCUT2D eigenvalue weighted by Gasteiger charge is 2.13. The van der Waals surface area contributed by atoms with E-state index in [2.05, 4.69) is 6.92 Å². The van der Waals surface area contributed by atoms with Gasteiger partial charge >= 0.3 is 5.76 Å². The second kappa shape index (κ2) is 6.34. The zero-order valence-corrected chi connectivity index (χ0v) is 11.7. The summed E-state index contributed by atoms with van der Waals surface area (Å²) in [7, 11) is 0. The quantitative estimate of drug-likeness (QED) is 0.463. The minimum Gasteiger partial charge on any atom is -0.409 e. The summed E-state index contributed by atoms with van der Waals surface area (Å²) in [6.07, 6.45) is 3.68. The van der Waals surface area contributed by atoms with Crippen molar-refractivity contribution >= 4 is 16.7 Å². The highest BCUT2D eigenvalue weighted by atomic mass is 16.6. The van der Waals surface area contributed by atoms with E-state index in [0.717, 1.165) is 29.9 Å². The molecule has 7 heteroatoms. The van der Waals surface area contributed by atoms with E-state index >= 15 is 0 Å². The summed E-state index contributed by atoms with van der Waals surface area (Å²) in [6.45, 7) is 2.33. The van der Waals surface area contributed by atoms with Gasteiger partial charge in [0.2, 0.25) is 0 Å². The standard InChI is InChI=1S/C14H16N2O5/c1-2-3-4-5-8-15-13(17)11-9-10(16(19)20)6-7-12(11)21-14(15)18/h6-7,9H,2-5,8H2,1H3. The van der Waals surface area contributed by atoms with Crippen molar-refractivity contribution < 1.29 is 9.34 Å². The fourth-order valence-electron chi connectivity index (χ4n) is 2.15. The molecule has 7 nitrogen and oxygen atoms in total. The van der Waals surface area contributed by atoms with Gasteiger partial charge in [-0.2, -0.15) is 0 Å². The number of nitro benzene ring substituents is 1. The van der Waals surface area contributed by atoms with E-state index in [1.165, 1.54) is 12.1 Å². The monoisotopic (exact) mass is 292 g/mol. The van der Waals surface area contributed by atoms with Gasteiger partial charge in [-0.1, -0.05) is 26.2 Å². The van der Waals surface area contributed by atoms with Crippen molar-refractivity contribution in [3.63, 3.8) is 0 Å². The molecule has 112 valence electrons. The van der Waals surface area contributed by atoms with Crippen molar-refractivity contribution in [1.29, 1.82) is 0 Å². The summed E-state index contributed by atoms with van der Waals surface area (Å²) < 4.78 is 6.05. The third-order valence-electron chi connectivity index (χ3n) is 3.30. The Labute approximate surface area is 120 Å². The summed E-state index contributed by atoms with van der Waals surface area (Å²) in [5, 5.41) is 10.8. The van der Waals surface area contributed by atoms with Crippen LogP contribution in [0.3, 0.4) is 0 Å². The van der Waals surface area contributed by atoms with E-state index in [0.29, 0.717) is 6.42 Å². The molecule has 0 bridgehead atoms. The number of hydrogen-bond donors (Lipinski definition) is 0. The van der Waals surface area contributed by atoms with Crippen molar-refractivity contribution in [3.05, 3.63) is 49.2 Å². The van der Waals surface area contributed by atoms with Gasteiger partial charge in [-0.05, 0) is 12.5 Å². The van der Waals surface area contributed by atoms with Crippen LogP contribution < -0.4 is 11.3 Å². The summed E-state index contributed by atoms with van der Waals surface area (Å²) in [6, 6.07) is 3.62. The Bertz CT molecular complexity index is 775. The first kappa shape index (κ1) is 15.0. The van der Waals surface area contributed by atoms with Gasteiger partial charge in [0.15, 0.2) is 0 Å².